The fraction of sp³-hybridized carbons (Fsp3) is 0.371. The van der Waals surface area contributed by atoms with E-state index in [-0.39, 0.29) is 55.3 Å². The van der Waals surface area contributed by atoms with Gasteiger partial charge in [-0.3, -0.25) is 19.2 Å². The number of ether oxygens (including phenoxy) is 2. The van der Waals surface area contributed by atoms with E-state index in [9.17, 15) is 19.2 Å². The van der Waals surface area contributed by atoms with Crippen molar-refractivity contribution in [1.29, 1.82) is 0 Å². The summed E-state index contributed by atoms with van der Waals surface area (Å²) in [5.41, 5.74) is 5.83. The van der Waals surface area contributed by atoms with Crippen LogP contribution in [0.4, 0.5) is 0 Å². The van der Waals surface area contributed by atoms with Gasteiger partial charge >= 0.3 is 11.9 Å². The molecular weight excluding hydrogens is 733 g/mol. The lowest BCUT2D eigenvalue weighted by Gasteiger charge is -2.27. The molecule has 0 saturated carbocycles. The first-order valence-corrected chi connectivity index (χ1v) is 20.2. The zero-order chi connectivity index (χ0) is 33.9. The van der Waals surface area contributed by atoms with E-state index in [0.29, 0.717) is 0 Å². The Morgan fingerprint density at radius 2 is 1.31 bits per heavy atom. The standard InChI is InChI=1S/C35H44N3O6PS2.BrH/c1-3-43-33(40)25-37-34(41)31(38-32(39)22-21-30(36)35(42)44-4-2)26-47-46-24-14-23-45(27-15-8-5-9-16-27,28-17-10-6-11-18-28)29-19-12-7-13-20-29;/h5-13,15-20,30-31H,3-4,14,21-26,36H2,1-2H3,(H-,37,38,39,41);1H/t30-,31-;/m0./s1. The molecule has 0 fully saturated rings. The summed E-state index contributed by atoms with van der Waals surface area (Å²) in [5.74, 6) is -0.931. The minimum absolute atomic E-state index is 0. The molecule has 260 valence electrons. The van der Waals surface area contributed by atoms with Crippen LogP contribution in [-0.2, 0) is 28.7 Å². The molecule has 13 heteroatoms. The quantitative estimate of drug-likeness (QED) is 0.0653. The molecule has 0 saturated heterocycles. The predicted molar refractivity (Wildman–Crippen MR) is 195 cm³/mol. The highest BCUT2D eigenvalue weighted by molar-refractivity contribution is 8.76. The van der Waals surface area contributed by atoms with Crippen LogP contribution in [0.15, 0.2) is 91.0 Å². The van der Waals surface area contributed by atoms with E-state index in [1.54, 1.807) is 24.6 Å². The van der Waals surface area contributed by atoms with E-state index in [2.05, 4.69) is 83.4 Å². The summed E-state index contributed by atoms with van der Waals surface area (Å²) in [4.78, 5) is 49.4. The van der Waals surface area contributed by atoms with Crippen molar-refractivity contribution in [2.24, 2.45) is 5.73 Å². The zero-order valence-electron chi connectivity index (χ0n) is 27.3. The third-order valence-electron chi connectivity index (χ3n) is 7.27. The Hall–Kier alpha value is -2.89. The van der Waals surface area contributed by atoms with Gasteiger partial charge in [0.1, 0.15) is 41.8 Å². The second-order valence-corrected chi connectivity index (χ2v) is 16.8. The first kappa shape index (κ1) is 41.3. The minimum Gasteiger partial charge on any atom is -1.00 e. The molecule has 3 aromatic carbocycles. The van der Waals surface area contributed by atoms with Gasteiger partial charge in [0, 0.05) is 17.9 Å². The number of rotatable bonds is 20. The maximum atomic E-state index is 13.0. The molecule has 0 aliphatic heterocycles. The normalized spacial score (nSPS) is 12.1. The Balaban J connectivity index is 0.00000800. The molecule has 3 aromatic rings. The summed E-state index contributed by atoms with van der Waals surface area (Å²) >= 11 is 0. The van der Waals surface area contributed by atoms with Crippen LogP contribution in [0.1, 0.15) is 33.1 Å². The Kier molecular flexibility index (Phi) is 19.5. The third kappa shape index (κ3) is 12.9. The lowest BCUT2D eigenvalue weighted by atomic mass is 10.1. The van der Waals surface area contributed by atoms with Crippen LogP contribution in [0.2, 0.25) is 0 Å². The van der Waals surface area contributed by atoms with E-state index in [1.165, 1.54) is 26.7 Å². The van der Waals surface area contributed by atoms with E-state index in [4.69, 9.17) is 15.2 Å². The molecule has 2 atom stereocenters. The second-order valence-electron chi connectivity index (χ2n) is 10.5. The monoisotopic (exact) mass is 777 g/mol. The summed E-state index contributed by atoms with van der Waals surface area (Å²) in [6.07, 6.45) is 1.93. The van der Waals surface area contributed by atoms with Crippen LogP contribution in [0.5, 0.6) is 0 Å². The summed E-state index contributed by atoms with van der Waals surface area (Å²) < 4.78 is 9.81. The van der Waals surface area contributed by atoms with Gasteiger partial charge in [-0.25, -0.2) is 0 Å². The molecule has 0 aliphatic carbocycles. The molecule has 48 heavy (non-hydrogen) atoms. The SMILES string of the molecule is CCOC(=O)CNC(=O)[C@H](CSSCCC[P+](c1ccccc1)(c1ccccc1)c1ccccc1)NC(=O)CC[C@H](N)C(=O)OCC.[Br-]. The highest BCUT2D eigenvalue weighted by atomic mass is 79.9. The molecule has 0 aliphatic rings. The van der Waals surface area contributed by atoms with Crippen molar-refractivity contribution < 1.29 is 45.6 Å². The minimum atomic E-state index is -1.94. The predicted octanol–water partition coefficient (Wildman–Crippen LogP) is 0.591. The molecular formula is C35H45BrN3O6PS2. The van der Waals surface area contributed by atoms with Crippen molar-refractivity contribution >= 4 is 68.5 Å². The molecule has 0 bridgehead atoms. The van der Waals surface area contributed by atoms with Crippen LogP contribution in [0.25, 0.3) is 0 Å². The van der Waals surface area contributed by atoms with Crippen LogP contribution in [-0.4, -0.2) is 73.3 Å². The van der Waals surface area contributed by atoms with Gasteiger partial charge in [0.25, 0.3) is 0 Å². The Morgan fingerprint density at radius 3 is 1.81 bits per heavy atom. The fourth-order valence-electron chi connectivity index (χ4n) is 5.02. The number of nitrogens with two attached hydrogens (primary N) is 1. The first-order chi connectivity index (χ1) is 22.8. The second kappa shape index (κ2) is 22.7. The Labute approximate surface area is 302 Å². The molecule has 0 aromatic heterocycles. The number of hydrogen-bond donors (Lipinski definition) is 3. The van der Waals surface area contributed by atoms with Gasteiger partial charge < -0.3 is 42.8 Å². The molecule has 0 spiro atoms. The van der Waals surface area contributed by atoms with Gasteiger partial charge in [-0.2, -0.15) is 0 Å². The number of amides is 2. The number of esters is 2. The number of carbonyl (C=O) groups excluding carboxylic acids is 4. The summed E-state index contributed by atoms with van der Waals surface area (Å²) in [6.45, 7) is 3.46. The first-order valence-electron chi connectivity index (χ1n) is 15.8. The van der Waals surface area contributed by atoms with E-state index < -0.39 is 43.1 Å². The molecule has 9 nitrogen and oxygen atoms in total. The van der Waals surface area contributed by atoms with Crippen molar-refractivity contribution in [3.05, 3.63) is 91.0 Å². The van der Waals surface area contributed by atoms with Gasteiger partial charge in [-0.15, -0.1) is 0 Å². The van der Waals surface area contributed by atoms with Crippen molar-refractivity contribution in [2.75, 3.05) is 37.4 Å². The topological polar surface area (TPSA) is 137 Å². The van der Waals surface area contributed by atoms with Crippen molar-refractivity contribution in [3.63, 3.8) is 0 Å². The van der Waals surface area contributed by atoms with Crippen molar-refractivity contribution in [2.45, 2.75) is 45.2 Å². The lowest BCUT2D eigenvalue weighted by molar-refractivity contribution is -0.145. The van der Waals surface area contributed by atoms with Crippen LogP contribution in [0.3, 0.4) is 0 Å². The maximum absolute atomic E-state index is 13.0. The molecule has 2 amide bonds. The summed E-state index contributed by atoms with van der Waals surface area (Å²) in [5, 5.41) is 9.29. The van der Waals surface area contributed by atoms with Gasteiger partial charge in [0.05, 0.1) is 19.4 Å². The third-order valence-corrected chi connectivity index (χ3v) is 14.3. The lowest BCUT2D eigenvalue weighted by Crippen LogP contribution is -3.00. The Morgan fingerprint density at radius 1 is 0.792 bits per heavy atom. The van der Waals surface area contributed by atoms with Crippen LogP contribution >= 0.6 is 28.9 Å². The average molecular weight is 779 g/mol. The van der Waals surface area contributed by atoms with Crippen molar-refractivity contribution in [1.82, 2.24) is 10.6 Å². The largest absolute Gasteiger partial charge is 1.00 e. The fourth-order valence-corrected chi connectivity index (χ4v) is 11.8. The molecule has 4 N–H and O–H groups in total. The molecule has 0 radical (unpaired) electrons. The Bertz CT molecular complexity index is 1310. The zero-order valence-corrected chi connectivity index (χ0v) is 31.5. The van der Waals surface area contributed by atoms with Gasteiger partial charge in [0.2, 0.25) is 11.8 Å². The molecule has 0 unspecified atom stereocenters. The van der Waals surface area contributed by atoms with Gasteiger partial charge in [-0.05, 0) is 63.1 Å². The number of halogens is 1. The average Bonchev–Trinajstić information content (AvgIpc) is 3.10. The highest BCUT2D eigenvalue weighted by Crippen LogP contribution is 2.56. The highest BCUT2D eigenvalue weighted by Gasteiger charge is 2.44. The van der Waals surface area contributed by atoms with Gasteiger partial charge in [-0.1, -0.05) is 76.2 Å². The number of hydrogen-bond acceptors (Lipinski definition) is 9. The molecule has 0 heterocycles. The van der Waals surface area contributed by atoms with Crippen LogP contribution < -0.4 is 49.3 Å². The maximum Gasteiger partial charge on any atom is 0.325 e. The van der Waals surface area contributed by atoms with Gasteiger partial charge in [0.15, 0.2) is 0 Å². The molecule has 3 rings (SSSR count). The van der Waals surface area contributed by atoms with Crippen molar-refractivity contribution in [3.8, 4) is 0 Å². The van der Waals surface area contributed by atoms with E-state index in [0.717, 1.165) is 18.3 Å². The number of nitrogens with one attached hydrogen (secondary N) is 2. The number of carbonyl (C=O) groups is 4. The van der Waals surface area contributed by atoms with Crippen LogP contribution in [0, 0.1) is 0 Å². The van der Waals surface area contributed by atoms with E-state index in [1.807, 2.05) is 18.2 Å². The summed E-state index contributed by atoms with van der Waals surface area (Å²) in [7, 11) is 1.19. The number of benzene rings is 3. The van der Waals surface area contributed by atoms with E-state index >= 15 is 0 Å². The summed E-state index contributed by atoms with van der Waals surface area (Å²) in [6, 6.07) is 30.3. The smallest absolute Gasteiger partial charge is 0.325 e.